The van der Waals surface area contributed by atoms with Gasteiger partial charge in [-0.3, -0.25) is 14.4 Å². The fourth-order valence-corrected chi connectivity index (χ4v) is 3.43. The Bertz CT molecular complexity index is 1240. The van der Waals surface area contributed by atoms with Crippen molar-refractivity contribution in [1.29, 1.82) is 0 Å². The average Bonchev–Trinajstić information content (AvgIpc) is 2.81. The molecule has 3 N–H and O–H groups in total. The van der Waals surface area contributed by atoms with Gasteiger partial charge in [0.15, 0.2) is 6.61 Å². The van der Waals surface area contributed by atoms with Crippen LogP contribution < -0.4 is 20.8 Å². The fraction of sp³-hybridized carbons (Fsp3) is 0.185. The molecule has 0 aliphatic rings. The van der Waals surface area contributed by atoms with Gasteiger partial charge in [-0.05, 0) is 68.7 Å². The maximum atomic E-state index is 12.4. The Morgan fingerprint density at radius 3 is 2.20 bits per heavy atom. The number of hydrogen-bond donors (Lipinski definition) is 3. The highest BCUT2D eigenvalue weighted by Crippen LogP contribution is 2.22. The molecule has 0 radical (unpaired) electrons. The summed E-state index contributed by atoms with van der Waals surface area (Å²) >= 11 is 0. The van der Waals surface area contributed by atoms with E-state index in [2.05, 4.69) is 21.2 Å². The maximum absolute atomic E-state index is 12.4. The van der Waals surface area contributed by atoms with Gasteiger partial charge in [-0.1, -0.05) is 47.5 Å². The first kappa shape index (κ1) is 25.2. The summed E-state index contributed by atoms with van der Waals surface area (Å²) in [5, 5.41) is 9.21. The average molecular weight is 473 g/mol. The van der Waals surface area contributed by atoms with Gasteiger partial charge < -0.3 is 15.4 Å². The zero-order valence-corrected chi connectivity index (χ0v) is 20.1. The standard InChI is InChI=1S/C27H28N4O4/c1-17-8-10-22(11-9-17)29-26(33)27(34)31-28-15-21-6-5-7-23(14-21)35-16-24(32)30-25-19(3)12-18(2)13-20(25)4/h5-15H,16H2,1-4H3,(H,29,33)(H,30,32)(H,31,34)/b28-15-. The fourth-order valence-electron chi connectivity index (χ4n) is 3.43. The highest BCUT2D eigenvalue weighted by Gasteiger charge is 2.13. The molecule has 0 aliphatic heterocycles. The van der Waals surface area contributed by atoms with Crippen LogP contribution in [-0.2, 0) is 14.4 Å². The van der Waals surface area contributed by atoms with Crippen LogP contribution >= 0.6 is 0 Å². The number of hydrogen-bond acceptors (Lipinski definition) is 5. The van der Waals surface area contributed by atoms with E-state index < -0.39 is 11.8 Å². The molecular weight excluding hydrogens is 444 g/mol. The van der Waals surface area contributed by atoms with Gasteiger partial charge in [-0.15, -0.1) is 0 Å². The van der Waals surface area contributed by atoms with E-state index in [1.807, 2.05) is 52.0 Å². The van der Waals surface area contributed by atoms with Crippen molar-refractivity contribution < 1.29 is 19.1 Å². The molecule has 3 aromatic rings. The number of nitrogens with zero attached hydrogens (tertiary/aromatic N) is 1. The largest absolute Gasteiger partial charge is 0.484 e. The van der Waals surface area contributed by atoms with Crippen molar-refractivity contribution in [1.82, 2.24) is 5.43 Å². The lowest BCUT2D eigenvalue weighted by molar-refractivity contribution is -0.136. The molecule has 0 unspecified atom stereocenters. The second kappa shape index (κ2) is 11.6. The molecular formula is C27H28N4O4. The Morgan fingerprint density at radius 1 is 0.829 bits per heavy atom. The third kappa shape index (κ3) is 7.53. The molecule has 0 aromatic heterocycles. The molecule has 35 heavy (non-hydrogen) atoms. The Kier molecular flexibility index (Phi) is 8.34. The second-order valence-electron chi connectivity index (χ2n) is 8.20. The first-order chi connectivity index (χ1) is 16.7. The number of anilines is 2. The van der Waals surface area contributed by atoms with E-state index in [0.717, 1.165) is 27.9 Å². The van der Waals surface area contributed by atoms with E-state index in [1.165, 1.54) is 6.21 Å². The van der Waals surface area contributed by atoms with Crippen molar-refractivity contribution in [3.8, 4) is 5.75 Å². The smallest absolute Gasteiger partial charge is 0.329 e. The molecule has 0 spiro atoms. The Morgan fingerprint density at radius 2 is 1.51 bits per heavy atom. The van der Waals surface area contributed by atoms with E-state index in [9.17, 15) is 14.4 Å². The monoisotopic (exact) mass is 472 g/mol. The Labute approximate surface area is 204 Å². The SMILES string of the molecule is Cc1ccc(NC(=O)C(=O)N/N=C\c2cccc(OCC(=O)Nc3c(C)cc(C)cc3C)c2)cc1. The van der Waals surface area contributed by atoms with Crippen LogP contribution in [0.1, 0.15) is 27.8 Å². The maximum Gasteiger partial charge on any atom is 0.329 e. The van der Waals surface area contributed by atoms with Gasteiger partial charge in [-0.2, -0.15) is 5.10 Å². The van der Waals surface area contributed by atoms with E-state index in [1.54, 1.807) is 36.4 Å². The molecule has 0 saturated heterocycles. The first-order valence-corrected chi connectivity index (χ1v) is 11.0. The molecule has 8 heteroatoms. The summed E-state index contributed by atoms with van der Waals surface area (Å²) in [5.74, 6) is -1.53. The first-order valence-electron chi connectivity index (χ1n) is 11.0. The zero-order chi connectivity index (χ0) is 25.4. The quantitative estimate of drug-likeness (QED) is 0.274. The lowest BCUT2D eigenvalue weighted by Gasteiger charge is -2.13. The number of ether oxygens (including phenoxy) is 1. The van der Waals surface area contributed by atoms with Crippen molar-refractivity contribution in [3.63, 3.8) is 0 Å². The highest BCUT2D eigenvalue weighted by molar-refractivity contribution is 6.39. The lowest BCUT2D eigenvalue weighted by atomic mass is 10.1. The molecule has 180 valence electrons. The van der Waals surface area contributed by atoms with E-state index in [4.69, 9.17) is 4.74 Å². The number of amides is 3. The summed E-state index contributed by atoms with van der Waals surface area (Å²) in [6, 6.07) is 17.9. The summed E-state index contributed by atoms with van der Waals surface area (Å²) in [6.07, 6.45) is 1.38. The van der Waals surface area contributed by atoms with Crippen LogP contribution in [0.25, 0.3) is 0 Å². The van der Waals surface area contributed by atoms with Crippen LogP contribution in [0.15, 0.2) is 65.8 Å². The molecule has 3 aromatic carbocycles. The number of carbonyl (C=O) groups is 3. The summed E-state index contributed by atoms with van der Waals surface area (Å²) < 4.78 is 5.60. The van der Waals surface area contributed by atoms with E-state index in [0.29, 0.717) is 17.0 Å². The molecule has 0 fully saturated rings. The Balaban J connectivity index is 1.50. The van der Waals surface area contributed by atoms with Gasteiger partial charge in [0.1, 0.15) is 5.75 Å². The van der Waals surface area contributed by atoms with Crippen molar-refractivity contribution >= 4 is 35.3 Å². The number of benzene rings is 3. The normalized spacial score (nSPS) is 10.6. The van der Waals surface area contributed by atoms with Gasteiger partial charge in [-0.25, -0.2) is 5.43 Å². The summed E-state index contributed by atoms with van der Waals surface area (Å²) in [5.41, 5.74) is 8.26. The van der Waals surface area contributed by atoms with Crippen LogP contribution in [0.3, 0.4) is 0 Å². The van der Waals surface area contributed by atoms with E-state index in [-0.39, 0.29) is 12.5 Å². The molecule has 0 heterocycles. The van der Waals surface area contributed by atoms with Crippen molar-refractivity contribution in [2.45, 2.75) is 27.7 Å². The third-order valence-corrected chi connectivity index (χ3v) is 5.06. The van der Waals surface area contributed by atoms with E-state index >= 15 is 0 Å². The minimum absolute atomic E-state index is 0.163. The summed E-state index contributed by atoms with van der Waals surface area (Å²) in [6.45, 7) is 7.67. The van der Waals surface area contributed by atoms with Crippen LogP contribution in [0.2, 0.25) is 0 Å². The molecule has 8 nitrogen and oxygen atoms in total. The molecule has 0 bridgehead atoms. The lowest BCUT2D eigenvalue weighted by Crippen LogP contribution is -2.32. The van der Waals surface area contributed by atoms with Crippen LogP contribution in [0, 0.1) is 27.7 Å². The van der Waals surface area contributed by atoms with Crippen molar-refractivity contribution in [2.24, 2.45) is 5.10 Å². The summed E-state index contributed by atoms with van der Waals surface area (Å²) in [7, 11) is 0. The predicted octanol–water partition coefficient (Wildman–Crippen LogP) is 4.03. The minimum Gasteiger partial charge on any atom is -0.484 e. The topological polar surface area (TPSA) is 109 Å². The third-order valence-electron chi connectivity index (χ3n) is 5.06. The van der Waals surface area contributed by atoms with Crippen molar-refractivity contribution in [2.75, 3.05) is 17.2 Å². The summed E-state index contributed by atoms with van der Waals surface area (Å²) in [4.78, 5) is 36.3. The molecule has 3 rings (SSSR count). The zero-order valence-electron chi connectivity index (χ0n) is 20.1. The minimum atomic E-state index is -0.896. The van der Waals surface area contributed by atoms with Gasteiger partial charge in [0.05, 0.1) is 6.21 Å². The van der Waals surface area contributed by atoms with Gasteiger partial charge in [0.2, 0.25) is 0 Å². The highest BCUT2D eigenvalue weighted by atomic mass is 16.5. The van der Waals surface area contributed by atoms with Crippen LogP contribution in [-0.4, -0.2) is 30.5 Å². The Hall–Kier alpha value is -4.46. The van der Waals surface area contributed by atoms with Gasteiger partial charge in [0.25, 0.3) is 5.91 Å². The number of rotatable bonds is 7. The van der Waals surface area contributed by atoms with Crippen LogP contribution in [0.4, 0.5) is 11.4 Å². The van der Waals surface area contributed by atoms with Gasteiger partial charge >= 0.3 is 11.8 Å². The number of hydrazone groups is 1. The van der Waals surface area contributed by atoms with Crippen molar-refractivity contribution in [3.05, 3.63) is 88.5 Å². The predicted molar refractivity (Wildman–Crippen MR) is 137 cm³/mol. The number of aryl methyl sites for hydroxylation is 4. The molecule has 0 atom stereocenters. The number of carbonyl (C=O) groups excluding carboxylic acids is 3. The molecule has 3 amide bonds. The van der Waals surface area contributed by atoms with Gasteiger partial charge in [0, 0.05) is 11.4 Å². The number of nitrogens with one attached hydrogen (secondary N) is 3. The molecule has 0 aliphatic carbocycles. The second-order valence-corrected chi connectivity index (χ2v) is 8.20. The van der Waals surface area contributed by atoms with Crippen LogP contribution in [0.5, 0.6) is 5.75 Å². The molecule has 0 saturated carbocycles.